The number of benzene rings is 3. The van der Waals surface area contributed by atoms with Crippen molar-refractivity contribution >= 4 is 11.9 Å². The summed E-state index contributed by atoms with van der Waals surface area (Å²) in [5.74, 6) is 1.41. The second kappa shape index (κ2) is 9.20. The van der Waals surface area contributed by atoms with E-state index in [4.69, 9.17) is 18.9 Å². The number of nitrogens with zero attached hydrogens (tertiary/aromatic N) is 1. The molecule has 2 aliphatic rings. The van der Waals surface area contributed by atoms with Crippen molar-refractivity contribution in [2.45, 2.75) is 30.8 Å². The lowest BCUT2D eigenvalue weighted by atomic mass is 9.84. The number of ether oxygens (including phenoxy) is 4. The van der Waals surface area contributed by atoms with Crippen LogP contribution in [-0.2, 0) is 20.0 Å². The molecule has 0 radical (unpaired) electrons. The summed E-state index contributed by atoms with van der Waals surface area (Å²) < 4.78 is 21.5. The number of carbonyl (C=O) groups is 2. The molecule has 186 valence electrons. The third kappa shape index (κ3) is 3.83. The Labute approximate surface area is 209 Å². The molecule has 2 heterocycles. The fourth-order valence-electron chi connectivity index (χ4n) is 5.02. The summed E-state index contributed by atoms with van der Waals surface area (Å²) in [6, 6.07) is 22.2. The molecule has 2 fully saturated rings. The van der Waals surface area contributed by atoms with E-state index in [1.807, 2.05) is 72.8 Å². The van der Waals surface area contributed by atoms with E-state index in [0.29, 0.717) is 5.75 Å². The van der Waals surface area contributed by atoms with Crippen molar-refractivity contribution in [1.29, 1.82) is 0 Å². The molecule has 0 spiro atoms. The largest absolute Gasteiger partial charge is 0.497 e. The van der Waals surface area contributed by atoms with Crippen LogP contribution in [-0.4, -0.2) is 44.2 Å². The van der Waals surface area contributed by atoms with Crippen molar-refractivity contribution in [1.82, 2.24) is 10.2 Å². The first-order chi connectivity index (χ1) is 17.4. The van der Waals surface area contributed by atoms with Gasteiger partial charge < -0.3 is 23.8 Å². The zero-order chi connectivity index (χ0) is 25.4. The van der Waals surface area contributed by atoms with Gasteiger partial charge in [0.15, 0.2) is 0 Å². The molecule has 8 heteroatoms. The highest BCUT2D eigenvalue weighted by molar-refractivity contribution is 5.92. The van der Waals surface area contributed by atoms with Crippen LogP contribution in [0.4, 0.5) is 0 Å². The highest BCUT2D eigenvalue weighted by atomic mass is 16.6. The van der Waals surface area contributed by atoms with Crippen LogP contribution in [0.15, 0.2) is 72.8 Å². The summed E-state index contributed by atoms with van der Waals surface area (Å²) in [6.45, 7) is 1.32. The van der Waals surface area contributed by atoms with Crippen LogP contribution in [0.2, 0.25) is 0 Å². The Morgan fingerprint density at radius 2 is 1.25 bits per heavy atom. The molecular weight excluding hydrogens is 460 g/mol. The summed E-state index contributed by atoms with van der Waals surface area (Å²) in [5, 5.41) is 3.58. The Kier molecular flexibility index (Phi) is 6.05. The van der Waals surface area contributed by atoms with Crippen molar-refractivity contribution in [2.24, 2.45) is 0 Å². The average molecular weight is 489 g/mol. The number of likely N-dealkylation sites (tertiary alicyclic amines) is 1. The van der Waals surface area contributed by atoms with Gasteiger partial charge in [0, 0.05) is 6.92 Å². The van der Waals surface area contributed by atoms with Crippen molar-refractivity contribution in [3.8, 4) is 17.2 Å². The van der Waals surface area contributed by atoms with Crippen LogP contribution in [0.25, 0.3) is 0 Å². The molecule has 1 amide bonds. The van der Waals surface area contributed by atoms with Gasteiger partial charge in [-0.25, -0.2) is 0 Å². The van der Waals surface area contributed by atoms with E-state index in [1.54, 1.807) is 26.2 Å². The number of amides is 1. The van der Waals surface area contributed by atoms with Crippen LogP contribution in [0.1, 0.15) is 35.7 Å². The van der Waals surface area contributed by atoms with Crippen molar-refractivity contribution in [3.63, 3.8) is 0 Å². The van der Waals surface area contributed by atoms with E-state index in [2.05, 4.69) is 5.32 Å². The first-order valence-corrected chi connectivity index (χ1v) is 11.6. The SMILES string of the molecule is COc1ccc(C2C(OC(C)=O)C(=O)N2[C@@]2(c3ccc(OC)cc3)N[C@H]2c2ccc(OC)cc2)cc1. The number of nitrogens with one attached hydrogen (secondary N) is 1. The van der Waals surface area contributed by atoms with Crippen molar-refractivity contribution in [3.05, 3.63) is 89.5 Å². The monoisotopic (exact) mass is 488 g/mol. The van der Waals surface area contributed by atoms with Gasteiger partial charge in [-0.15, -0.1) is 0 Å². The number of hydrogen-bond donors (Lipinski definition) is 1. The zero-order valence-electron chi connectivity index (χ0n) is 20.6. The second-order valence-electron chi connectivity index (χ2n) is 8.80. The van der Waals surface area contributed by atoms with Gasteiger partial charge in [-0.1, -0.05) is 36.4 Å². The highest BCUT2D eigenvalue weighted by Crippen LogP contribution is 2.58. The van der Waals surface area contributed by atoms with E-state index < -0.39 is 23.8 Å². The Balaban J connectivity index is 1.59. The molecule has 0 aromatic heterocycles. The van der Waals surface area contributed by atoms with Crippen molar-refractivity contribution in [2.75, 3.05) is 21.3 Å². The Bertz CT molecular complexity index is 1260. The molecule has 5 rings (SSSR count). The smallest absolute Gasteiger partial charge is 0.303 e. The molecule has 0 aliphatic carbocycles. The molecule has 2 unspecified atom stereocenters. The Morgan fingerprint density at radius 3 is 1.72 bits per heavy atom. The molecule has 4 atom stereocenters. The number of β-lactam (4-membered cyclic amide) rings is 1. The predicted molar refractivity (Wildman–Crippen MR) is 132 cm³/mol. The number of esters is 1. The molecular formula is C28H28N2O6. The summed E-state index contributed by atoms with van der Waals surface area (Å²) in [4.78, 5) is 27.3. The third-order valence-electron chi connectivity index (χ3n) is 6.85. The minimum atomic E-state index is -0.912. The van der Waals surface area contributed by atoms with Crippen LogP contribution in [0.5, 0.6) is 17.2 Å². The van der Waals surface area contributed by atoms with Crippen LogP contribution in [0, 0.1) is 0 Å². The maximum absolute atomic E-state index is 13.6. The van der Waals surface area contributed by atoms with E-state index in [-0.39, 0.29) is 11.9 Å². The minimum Gasteiger partial charge on any atom is -0.497 e. The Morgan fingerprint density at radius 1 is 0.778 bits per heavy atom. The highest BCUT2D eigenvalue weighted by Gasteiger charge is 2.69. The van der Waals surface area contributed by atoms with Crippen molar-refractivity contribution < 1.29 is 28.5 Å². The number of hydrogen-bond acceptors (Lipinski definition) is 7. The number of methoxy groups -OCH3 is 3. The number of rotatable bonds is 8. The lowest BCUT2D eigenvalue weighted by Gasteiger charge is -2.50. The summed E-state index contributed by atoms with van der Waals surface area (Å²) in [6.07, 6.45) is -0.912. The Hall–Kier alpha value is -4.04. The normalized spacial score (nSPS) is 24.5. The predicted octanol–water partition coefficient (Wildman–Crippen LogP) is 3.72. The van der Waals surface area contributed by atoms with Gasteiger partial charge >= 0.3 is 5.97 Å². The first-order valence-electron chi connectivity index (χ1n) is 11.6. The van der Waals surface area contributed by atoms with E-state index in [1.165, 1.54) is 6.92 Å². The second-order valence-corrected chi connectivity index (χ2v) is 8.80. The zero-order valence-corrected chi connectivity index (χ0v) is 20.6. The van der Waals surface area contributed by atoms with Crippen LogP contribution < -0.4 is 19.5 Å². The molecule has 2 saturated heterocycles. The van der Waals surface area contributed by atoms with Gasteiger partial charge in [0.25, 0.3) is 5.91 Å². The molecule has 8 nitrogen and oxygen atoms in total. The average Bonchev–Trinajstić information content (AvgIpc) is 3.66. The quantitative estimate of drug-likeness (QED) is 0.293. The molecule has 0 saturated carbocycles. The molecule has 2 aliphatic heterocycles. The number of carbonyl (C=O) groups excluding carboxylic acids is 2. The summed E-state index contributed by atoms with van der Waals surface area (Å²) in [7, 11) is 4.84. The maximum Gasteiger partial charge on any atom is 0.303 e. The van der Waals surface area contributed by atoms with Gasteiger partial charge in [-0.3, -0.25) is 14.9 Å². The van der Waals surface area contributed by atoms with Gasteiger partial charge in [0.2, 0.25) is 6.10 Å². The maximum atomic E-state index is 13.6. The van der Waals surface area contributed by atoms with E-state index in [0.717, 1.165) is 28.2 Å². The minimum absolute atomic E-state index is 0.181. The van der Waals surface area contributed by atoms with Crippen LogP contribution in [0.3, 0.4) is 0 Å². The fraction of sp³-hybridized carbons (Fsp3) is 0.286. The van der Waals surface area contributed by atoms with Gasteiger partial charge in [0.1, 0.15) is 29.0 Å². The molecule has 0 bridgehead atoms. The summed E-state index contributed by atoms with van der Waals surface area (Å²) >= 11 is 0. The topological polar surface area (TPSA) is 96.2 Å². The van der Waals surface area contributed by atoms with Gasteiger partial charge in [-0.2, -0.15) is 0 Å². The van der Waals surface area contributed by atoms with E-state index in [9.17, 15) is 9.59 Å². The molecule has 36 heavy (non-hydrogen) atoms. The van der Waals surface area contributed by atoms with Crippen LogP contribution >= 0.6 is 0 Å². The van der Waals surface area contributed by atoms with E-state index >= 15 is 0 Å². The van der Waals surface area contributed by atoms with Gasteiger partial charge in [0.05, 0.1) is 27.4 Å². The molecule has 3 aromatic carbocycles. The standard InChI is InChI=1S/C28H28N2O6/c1-17(31)36-25-24(18-5-11-21(33-2)12-6-18)30(27(25)32)28(20-9-15-23(35-4)16-10-20)26(29-28)19-7-13-22(34-3)14-8-19/h5-16,24-26,29H,1-4H3/t24?,25?,26-,28+/m0/s1. The molecule has 3 aromatic rings. The lowest BCUT2D eigenvalue weighted by Crippen LogP contribution is -2.65. The first kappa shape index (κ1) is 23.7. The fourth-order valence-corrected chi connectivity index (χ4v) is 5.02. The third-order valence-corrected chi connectivity index (χ3v) is 6.85. The molecule has 1 N–H and O–H groups in total. The van der Waals surface area contributed by atoms with Gasteiger partial charge in [-0.05, 0) is 53.1 Å². The lowest BCUT2D eigenvalue weighted by molar-refractivity contribution is -0.190. The summed E-state index contributed by atoms with van der Waals surface area (Å²) in [5.41, 5.74) is 1.91.